The molecular weight excluding hydrogens is 416 g/mol. The van der Waals surface area contributed by atoms with Gasteiger partial charge in [0.1, 0.15) is 0 Å². The van der Waals surface area contributed by atoms with E-state index in [9.17, 15) is 0 Å². The van der Waals surface area contributed by atoms with Crippen molar-refractivity contribution in [2.45, 2.75) is 66.8 Å². The number of nitrogens with one attached hydrogen (secondary N) is 1. The summed E-state index contributed by atoms with van der Waals surface area (Å²) in [5.41, 5.74) is 6.53. The minimum atomic E-state index is 0.635. The van der Waals surface area contributed by atoms with Crippen LogP contribution in [0, 0.1) is 0 Å². The lowest BCUT2D eigenvalue weighted by Crippen LogP contribution is -2.10. The summed E-state index contributed by atoms with van der Waals surface area (Å²) >= 11 is 6.13. The molecule has 0 unspecified atom stereocenters. The van der Waals surface area contributed by atoms with Crippen molar-refractivity contribution < 1.29 is 0 Å². The zero-order chi connectivity index (χ0) is 25.6. The smallest absolute Gasteiger partial charge is 0.0570 e. The number of hydrogen-bond donors (Lipinski definition) is 2. The van der Waals surface area contributed by atoms with Crippen molar-refractivity contribution in [2.75, 3.05) is 27.7 Å². The molecular formula is C27H51ClN4. The number of halogens is 1. The Morgan fingerprint density at radius 3 is 2.16 bits per heavy atom. The summed E-state index contributed by atoms with van der Waals surface area (Å²) in [6.07, 6.45) is 16.2. The first-order chi connectivity index (χ1) is 15.6. The lowest BCUT2D eigenvalue weighted by atomic mass is 10.2. The molecule has 0 aliphatic carbocycles. The summed E-state index contributed by atoms with van der Waals surface area (Å²) in [6.45, 7) is 19.5. The van der Waals surface area contributed by atoms with Crippen LogP contribution in [-0.2, 0) is 6.54 Å². The van der Waals surface area contributed by atoms with Gasteiger partial charge in [0.25, 0.3) is 0 Å². The van der Waals surface area contributed by atoms with Gasteiger partial charge >= 0.3 is 0 Å². The molecule has 0 aromatic carbocycles. The maximum absolute atomic E-state index is 6.13. The molecule has 1 heterocycles. The fourth-order valence-electron chi connectivity index (χ4n) is 2.16. The van der Waals surface area contributed by atoms with Crippen molar-refractivity contribution >= 4 is 11.6 Å². The van der Waals surface area contributed by atoms with Gasteiger partial charge in [0.15, 0.2) is 0 Å². The van der Waals surface area contributed by atoms with Crippen LogP contribution in [-0.4, -0.2) is 37.6 Å². The van der Waals surface area contributed by atoms with Gasteiger partial charge in [-0.05, 0) is 50.3 Å². The van der Waals surface area contributed by atoms with Crippen molar-refractivity contribution in [1.29, 1.82) is 0 Å². The number of allylic oxidation sites excluding steroid dienone is 5. The molecule has 0 atom stereocenters. The van der Waals surface area contributed by atoms with Gasteiger partial charge in [-0.15, -0.1) is 0 Å². The number of unbranched alkanes of at least 4 members (excludes halogenated alkanes) is 3. The average Bonchev–Trinajstić information content (AvgIpc) is 2.85. The fraction of sp³-hybridized carbons (Fsp3) is 0.519. The number of pyridine rings is 1. The van der Waals surface area contributed by atoms with Gasteiger partial charge in [-0.2, -0.15) is 0 Å². The average molecular weight is 467 g/mol. The summed E-state index contributed by atoms with van der Waals surface area (Å²) in [4.78, 5) is 6.07. The second kappa shape index (κ2) is 33.8. The SMILES string of the molecule is C=CC(C=C)=C/C(Cl)=C\N(C)Cc1cccnc1.CC.CC.CCCCCCNC.CN. The third-order valence-electron chi connectivity index (χ3n) is 3.55. The predicted octanol–water partition coefficient (Wildman–Crippen LogP) is 7.31. The van der Waals surface area contributed by atoms with E-state index in [4.69, 9.17) is 11.6 Å². The van der Waals surface area contributed by atoms with Gasteiger partial charge in [-0.3, -0.25) is 4.98 Å². The number of nitrogens with two attached hydrogens (primary N) is 1. The fourth-order valence-corrected chi connectivity index (χ4v) is 2.45. The molecule has 0 amide bonds. The Morgan fingerprint density at radius 1 is 1.12 bits per heavy atom. The van der Waals surface area contributed by atoms with E-state index in [0.717, 1.165) is 17.7 Å². The van der Waals surface area contributed by atoms with E-state index in [-0.39, 0.29) is 0 Å². The van der Waals surface area contributed by atoms with Gasteiger partial charge in [-0.1, -0.05) is 96.9 Å². The highest BCUT2D eigenvalue weighted by molar-refractivity contribution is 6.31. The van der Waals surface area contributed by atoms with Crippen LogP contribution in [0.2, 0.25) is 0 Å². The molecule has 0 aliphatic rings. The van der Waals surface area contributed by atoms with Crippen molar-refractivity contribution in [2.24, 2.45) is 5.73 Å². The van der Waals surface area contributed by atoms with Crippen LogP contribution in [0.5, 0.6) is 0 Å². The van der Waals surface area contributed by atoms with E-state index < -0.39 is 0 Å². The zero-order valence-corrected chi connectivity index (χ0v) is 22.9. The standard InChI is InChI=1S/C15H17ClN2.C7H17N.2C2H6.CH5N/c1-4-13(5-2)9-15(16)12-18(3)11-14-7-6-8-17-10-14;1-3-4-5-6-7-8-2;3*1-2/h4-10,12H,1-2,11H2,3H3;8H,3-7H2,1-2H3;2*1-2H3;2H2,1H3/b15-12+;;;;. The normalized spacial score (nSPS) is 9.00. The van der Waals surface area contributed by atoms with E-state index in [2.05, 4.69) is 36.1 Å². The predicted molar refractivity (Wildman–Crippen MR) is 149 cm³/mol. The molecule has 3 N–H and O–H groups in total. The summed E-state index contributed by atoms with van der Waals surface area (Å²) in [5, 5.41) is 3.76. The maximum Gasteiger partial charge on any atom is 0.0570 e. The summed E-state index contributed by atoms with van der Waals surface area (Å²) < 4.78 is 0. The monoisotopic (exact) mass is 466 g/mol. The number of rotatable bonds is 11. The molecule has 186 valence electrons. The molecule has 0 aliphatic heterocycles. The van der Waals surface area contributed by atoms with Crippen molar-refractivity contribution in [3.05, 3.63) is 78.3 Å². The second-order valence-corrected chi connectivity index (χ2v) is 6.44. The Balaban J connectivity index is -0.000000235. The minimum Gasteiger partial charge on any atom is -0.375 e. The minimum absolute atomic E-state index is 0.635. The van der Waals surface area contributed by atoms with Gasteiger partial charge in [0.2, 0.25) is 0 Å². The van der Waals surface area contributed by atoms with E-state index in [0.29, 0.717) is 5.03 Å². The Kier molecular flexibility index (Phi) is 39.5. The van der Waals surface area contributed by atoms with E-state index in [1.807, 2.05) is 77.3 Å². The topological polar surface area (TPSA) is 54.2 Å². The van der Waals surface area contributed by atoms with Crippen LogP contribution >= 0.6 is 11.6 Å². The third-order valence-corrected chi connectivity index (χ3v) is 3.76. The molecule has 0 saturated heterocycles. The largest absolute Gasteiger partial charge is 0.375 e. The molecule has 1 aromatic heterocycles. The molecule has 0 radical (unpaired) electrons. The van der Waals surface area contributed by atoms with Crippen LogP contribution in [0.15, 0.2) is 72.7 Å². The highest BCUT2D eigenvalue weighted by Crippen LogP contribution is 2.11. The summed E-state index contributed by atoms with van der Waals surface area (Å²) in [5.74, 6) is 0. The molecule has 32 heavy (non-hydrogen) atoms. The first-order valence-corrected chi connectivity index (χ1v) is 12.1. The van der Waals surface area contributed by atoms with Crippen molar-refractivity contribution in [3.63, 3.8) is 0 Å². The van der Waals surface area contributed by atoms with Crippen LogP contribution in [0.25, 0.3) is 0 Å². The van der Waals surface area contributed by atoms with Crippen LogP contribution in [0.3, 0.4) is 0 Å². The van der Waals surface area contributed by atoms with E-state index in [1.165, 1.54) is 39.3 Å². The van der Waals surface area contributed by atoms with Gasteiger partial charge in [0.05, 0.1) is 5.03 Å². The zero-order valence-electron chi connectivity index (χ0n) is 22.1. The maximum atomic E-state index is 6.13. The Hall–Kier alpha value is -1.88. The quantitative estimate of drug-likeness (QED) is 0.265. The lowest BCUT2D eigenvalue weighted by molar-refractivity contribution is 0.449. The van der Waals surface area contributed by atoms with Crippen LogP contribution in [0.1, 0.15) is 65.9 Å². The molecule has 0 spiro atoms. The molecule has 0 saturated carbocycles. The first kappa shape index (κ1) is 37.4. The van der Waals surface area contributed by atoms with Gasteiger partial charge < -0.3 is 16.0 Å². The Bertz CT molecular complexity index is 538. The second-order valence-electron chi connectivity index (χ2n) is 6.01. The first-order valence-electron chi connectivity index (χ1n) is 11.7. The highest BCUT2D eigenvalue weighted by Gasteiger charge is 1.97. The number of nitrogens with zero attached hydrogens (tertiary/aromatic N) is 2. The van der Waals surface area contributed by atoms with Gasteiger partial charge in [-0.25, -0.2) is 0 Å². The van der Waals surface area contributed by atoms with Crippen LogP contribution < -0.4 is 11.1 Å². The Labute approximate surface area is 205 Å². The number of aromatic nitrogens is 1. The Morgan fingerprint density at radius 2 is 1.72 bits per heavy atom. The van der Waals surface area contributed by atoms with Crippen molar-refractivity contribution in [3.8, 4) is 0 Å². The molecule has 1 rings (SSSR count). The number of hydrogen-bond acceptors (Lipinski definition) is 4. The molecule has 4 nitrogen and oxygen atoms in total. The molecule has 0 bridgehead atoms. The van der Waals surface area contributed by atoms with E-state index in [1.54, 1.807) is 18.3 Å². The molecule has 1 aromatic rings. The van der Waals surface area contributed by atoms with Crippen molar-refractivity contribution in [1.82, 2.24) is 15.2 Å². The van der Waals surface area contributed by atoms with Gasteiger partial charge in [0, 0.05) is 32.2 Å². The molecule has 0 fully saturated rings. The van der Waals surface area contributed by atoms with E-state index >= 15 is 0 Å². The molecule has 5 heteroatoms. The highest BCUT2D eigenvalue weighted by atomic mass is 35.5. The summed E-state index contributed by atoms with van der Waals surface area (Å²) in [7, 11) is 5.47. The lowest BCUT2D eigenvalue weighted by Gasteiger charge is -2.14. The van der Waals surface area contributed by atoms with Crippen LogP contribution in [0.4, 0.5) is 0 Å². The summed E-state index contributed by atoms with van der Waals surface area (Å²) in [6, 6.07) is 3.95. The third kappa shape index (κ3) is 28.1.